The van der Waals surface area contributed by atoms with Gasteiger partial charge in [-0.05, 0) is 44.2 Å². The van der Waals surface area contributed by atoms with Crippen molar-refractivity contribution in [3.8, 4) is 0 Å². The summed E-state index contributed by atoms with van der Waals surface area (Å²) < 4.78 is 5.20. The van der Waals surface area contributed by atoms with Crippen LogP contribution in [0.4, 0.5) is 11.4 Å². The fraction of sp³-hybridized carbons (Fsp3) is 0.150. The number of nitrogens with one attached hydrogen (secondary N) is 1. The molecule has 0 saturated carbocycles. The number of hydrogen-bond acceptors (Lipinski definition) is 5. The van der Waals surface area contributed by atoms with Gasteiger partial charge in [0.25, 0.3) is 11.8 Å². The molecule has 6 nitrogen and oxygen atoms in total. The van der Waals surface area contributed by atoms with Crippen LogP contribution in [0.2, 0.25) is 5.02 Å². The first-order chi connectivity index (χ1) is 13.3. The second kappa shape index (κ2) is 8.04. The van der Waals surface area contributed by atoms with Gasteiger partial charge in [0, 0.05) is 10.7 Å². The lowest BCUT2D eigenvalue weighted by atomic mass is 10.1. The van der Waals surface area contributed by atoms with E-state index in [1.807, 2.05) is 0 Å². The molecule has 0 bridgehead atoms. The number of halogens is 2. The Kier molecular flexibility index (Phi) is 5.72. The first-order valence-corrected chi connectivity index (χ1v) is 9.16. The van der Waals surface area contributed by atoms with Crippen LogP contribution in [0.15, 0.2) is 59.3 Å². The predicted octanol–water partition coefficient (Wildman–Crippen LogP) is 4.34. The van der Waals surface area contributed by atoms with Crippen molar-refractivity contribution >= 4 is 52.4 Å². The first kappa shape index (κ1) is 19.9. The number of anilines is 2. The Bertz CT molecular complexity index is 1000. The minimum absolute atomic E-state index is 0.0892. The van der Waals surface area contributed by atoms with Crippen molar-refractivity contribution < 1.29 is 19.1 Å². The van der Waals surface area contributed by atoms with E-state index in [1.165, 1.54) is 12.1 Å². The number of carbonyl (C=O) groups excluding carboxylic acids is 3. The number of ether oxygens (including phenoxy) is 1. The van der Waals surface area contributed by atoms with Gasteiger partial charge in [0.2, 0.25) is 0 Å². The lowest BCUT2D eigenvalue weighted by Crippen LogP contribution is -2.33. The summed E-state index contributed by atoms with van der Waals surface area (Å²) in [6, 6.07) is 12.8. The van der Waals surface area contributed by atoms with E-state index in [0.29, 0.717) is 10.7 Å². The van der Waals surface area contributed by atoms with Crippen LogP contribution < -0.4 is 10.2 Å². The lowest BCUT2D eigenvalue weighted by molar-refractivity contribution is -0.120. The van der Waals surface area contributed by atoms with E-state index in [0.717, 1.165) is 4.90 Å². The molecule has 1 aliphatic heterocycles. The van der Waals surface area contributed by atoms with Gasteiger partial charge in [0.1, 0.15) is 10.7 Å². The normalized spacial score (nSPS) is 14.1. The highest BCUT2D eigenvalue weighted by Gasteiger charge is 2.40. The summed E-state index contributed by atoms with van der Waals surface area (Å²) in [5.41, 5.74) is 0.590. The summed E-state index contributed by atoms with van der Waals surface area (Å²) >= 11 is 12.1. The molecule has 1 aliphatic rings. The van der Waals surface area contributed by atoms with Gasteiger partial charge in [-0.25, -0.2) is 9.69 Å². The second-order valence-electron chi connectivity index (χ2n) is 6.24. The number of amides is 2. The van der Waals surface area contributed by atoms with Crippen molar-refractivity contribution in [1.82, 2.24) is 0 Å². The zero-order valence-electron chi connectivity index (χ0n) is 15.0. The highest BCUT2D eigenvalue weighted by Crippen LogP contribution is 2.32. The average Bonchev–Trinajstić information content (AvgIpc) is 2.85. The van der Waals surface area contributed by atoms with Crippen LogP contribution in [0.5, 0.6) is 0 Å². The summed E-state index contributed by atoms with van der Waals surface area (Å²) in [6.07, 6.45) is -0.354. The highest BCUT2D eigenvalue weighted by atomic mass is 35.5. The van der Waals surface area contributed by atoms with Gasteiger partial charge < -0.3 is 10.1 Å². The number of nitrogens with zero attached hydrogens (tertiary/aromatic N) is 1. The van der Waals surface area contributed by atoms with Crippen molar-refractivity contribution in [3.05, 3.63) is 69.8 Å². The van der Waals surface area contributed by atoms with Crippen LogP contribution in [0, 0.1) is 0 Å². The molecule has 2 aromatic carbocycles. The van der Waals surface area contributed by atoms with Crippen LogP contribution in [-0.4, -0.2) is 23.9 Å². The van der Waals surface area contributed by atoms with Crippen molar-refractivity contribution in [2.45, 2.75) is 20.0 Å². The van der Waals surface area contributed by atoms with Crippen LogP contribution in [0.1, 0.15) is 24.2 Å². The molecule has 1 N–H and O–H groups in total. The Morgan fingerprint density at radius 3 is 2.43 bits per heavy atom. The maximum absolute atomic E-state index is 12.9. The molecule has 2 aromatic rings. The number of carbonyl (C=O) groups is 3. The summed E-state index contributed by atoms with van der Waals surface area (Å²) in [5, 5.41) is 3.00. The molecule has 3 rings (SSSR count). The number of imide groups is 1. The third-order valence-corrected chi connectivity index (χ3v) is 4.41. The topological polar surface area (TPSA) is 75.7 Å². The van der Waals surface area contributed by atoms with Crippen molar-refractivity contribution in [2.75, 3.05) is 10.2 Å². The molecule has 0 unspecified atom stereocenters. The van der Waals surface area contributed by atoms with Crippen molar-refractivity contribution in [1.29, 1.82) is 0 Å². The maximum atomic E-state index is 12.9. The number of benzene rings is 2. The van der Waals surface area contributed by atoms with Crippen LogP contribution in [0.25, 0.3) is 0 Å². The second-order valence-corrected chi connectivity index (χ2v) is 7.06. The number of hydrogen-bond donors (Lipinski definition) is 1. The molecular weight excluding hydrogens is 403 g/mol. The first-order valence-electron chi connectivity index (χ1n) is 8.40. The fourth-order valence-corrected chi connectivity index (χ4v) is 3.06. The van der Waals surface area contributed by atoms with Crippen LogP contribution in [0.3, 0.4) is 0 Å². The zero-order valence-corrected chi connectivity index (χ0v) is 16.5. The van der Waals surface area contributed by atoms with E-state index in [2.05, 4.69) is 5.32 Å². The highest BCUT2D eigenvalue weighted by molar-refractivity contribution is 6.53. The van der Waals surface area contributed by atoms with Gasteiger partial charge in [0.05, 0.1) is 17.4 Å². The van der Waals surface area contributed by atoms with Crippen molar-refractivity contribution in [2.24, 2.45) is 0 Å². The number of para-hydroxylation sites is 1. The predicted molar refractivity (Wildman–Crippen MR) is 107 cm³/mol. The minimum atomic E-state index is -0.735. The van der Waals surface area contributed by atoms with Gasteiger partial charge in [-0.15, -0.1) is 0 Å². The lowest BCUT2D eigenvalue weighted by Gasteiger charge is -2.19. The molecule has 0 aromatic heterocycles. The molecule has 0 fully saturated rings. The van der Waals surface area contributed by atoms with Crippen molar-refractivity contribution in [3.63, 3.8) is 0 Å². The molecule has 0 atom stereocenters. The number of esters is 1. The molecule has 28 heavy (non-hydrogen) atoms. The van der Waals surface area contributed by atoms with Gasteiger partial charge in [-0.3, -0.25) is 9.59 Å². The Labute approximate surface area is 171 Å². The Morgan fingerprint density at radius 1 is 1.04 bits per heavy atom. The monoisotopic (exact) mass is 418 g/mol. The van der Waals surface area contributed by atoms with E-state index in [9.17, 15) is 14.4 Å². The van der Waals surface area contributed by atoms with E-state index < -0.39 is 17.8 Å². The largest absolute Gasteiger partial charge is 0.459 e. The molecule has 8 heteroatoms. The smallest absolute Gasteiger partial charge is 0.340 e. The molecule has 2 amide bonds. The Morgan fingerprint density at radius 2 is 1.75 bits per heavy atom. The third kappa shape index (κ3) is 3.88. The summed E-state index contributed by atoms with van der Waals surface area (Å²) in [7, 11) is 0. The fourth-order valence-electron chi connectivity index (χ4n) is 2.66. The third-order valence-electron chi connectivity index (χ3n) is 3.83. The summed E-state index contributed by atoms with van der Waals surface area (Å²) in [6.45, 7) is 3.41. The molecule has 0 radical (unpaired) electrons. The average molecular weight is 419 g/mol. The SMILES string of the molecule is CC(C)OC(=O)c1ccccc1N1C(=O)C(Cl)=C(Nc2cccc(Cl)c2)C1=O. The Hall–Kier alpha value is -2.83. The van der Waals surface area contributed by atoms with E-state index in [1.54, 1.807) is 50.2 Å². The summed E-state index contributed by atoms with van der Waals surface area (Å²) in [5.74, 6) is -2.06. The molecule has 0 saturated heterocycles. The van der Waals surface area contributed by atoms with E-state index >= 15 is 0 Å². The van der Waals surface area contributed by atoms with Gasteiger partial charge in [-0.2, -0.15) is 0 Å². The molecule has 144 valence electrons. The number of rotatable bonds is 5. The van der Waals surface area contributed by atoms with Gasteiger partial charge >= 0.3 is 5.97 Å². The van der Waals surface area contributed by atoms with E-state index in [-0.39, 0.29) is 28.1 Å². The quantitative estimate of drug-likeness (QED) is 0.577. The minimum Gasteiger partial charge on any atom is -0.459 e. The van der Waals surface area contributed by atoms with Gasteiger partial charge in [0.15, 0.2) is 0 Å². The zero-order chi connectivity index (χ0) is 20.4. The Balaban J connectivity index is 1.95. The maximum Gasteiger partial charge on any atom is 0.340 e. The van der Waals surface area contributed by atoms with Crippen LogP contribution in [-0.2, 0) is 14.3 Å². The van der Waals surface area contributed by atoms with E-state index in [4.69, 9.17) is 27.9 Å². The standard InChI is InChI=1S/C20H16Cl2N2O4/c1-11(2)28-20(27)14-8-3-4-9-15(14)24-18(25)16(22)17(19(24)26)23-13-7-5-6-12(21)10-13/h3-11,23H,1-2H3. The molecule has 0 spiro atoms. The summed E-state index contributed by atoms with van der Waals surface area (Å²) in [4.78, 5) is 38.8. The molecular formula is C20H16Cl2N2O4. The van der Waals surface area contributed by atoms with Crippen LogP contribution >= 0.6 is 23.2 Å². The molecule has 0 aliphatic carbocycles. The molecule has 1 heterocycles. The van der Waals surface area contributed by atoms with Gasteiger partial charge in [-0.1, -0.05) is 41.4 Å².